The molecule has 0 saturated carbocycles. The smallest absolute Gasteiger partial charge is 0.335 e. The molecule has 2 amide bonds. The second-order valence-electron chi connectivity index (χ2n) is 10.0. The summed E-state index contributed by atoms with van der Waals surface area (Å²) in [6.07, 6.45) is 0.910. The van der Waals surface area contributed by atoms with Crippen LogP contribution in [0.2, 0.25) is 4.34 Å². The molecule has 2 saturated heterocycles. The summed E-state index contributed by atoms with van der Waals surface area (Å²) in [4.78, 5) is 61.4. The van der Waals surface area contributed by atoms with Gasteiger partial charge >= 0.3 is 18.0 Å². The maximum Gasteiger partial charge on any atom is 0.335 e. The number of aliphatic carboxylic acids is 1. The fourth-order valence-electron chi connectivity index (χ4n) is 5.23. The standard InChI is InChI=1S/C27H29ClN6O7S/c1-31(15-18-7-8-20(28)42-18)26-29-22(30-34(26)23(35)16-4-2-5-17(14-16)24(36)37)19-6-3-9-33(21(19)25(38)39)27(40)32-10-12-41-13-11-32/h2,4-5,7-8,14,19,21H,3,6,9-13,15H2,1H3,(H,36,37)(H,38,39). The Hall–Kier alpha value is -4.01. The minimum Gasteiger partial charge on any atom is -0.480 e. The van der Waals surface area contributed by atoms with E-state index in [0.717, 1.165) is 9.56 Å². The second-order valence-corrected chi connectivity index (χ2v) is 11.8. The Balaban J connectivity index is 1.52. The van der Waals surface area contributed by atoms with Gasteiger partial charge in [0.05, 0.1) is 35.6 Å². The van der Waals surface area contributed by atoms with Gasteiger partial charge in [-0.25, -0.2) is 14.4 Å². The highest BCUT2D eigenvalue weighted by Crippen LogP contribution is 2.34. The lowest BCUT2D eigenvalue weighted by Crippen LogP contribution is -2.57. The number of anilines is 1. The van der Waals surface area contributed by atoms with E-state index in [-0.39, 0.29) is 35.5 Å². The zero-order chi connectivity index (χ0) is 30.0. The molecule has 3 aromatic rings. The summed E-state index contributed by atoms with van der Waals surface area (Å²) in [5, 5.41) is 24.2. The molecule has 2 unspecified atom stereocenters. The second kappa shape index (κ2) is 12.5. The molecular weight excluding hydrogens is 588 g/mol. The number of carboxylic acids is 2. The molecule has 0 aliphatic carbocycles. The molecule has 2 aliphatic heterocycles. The van der Waals surface area contributed by atoms with Gasteiger partial charge in [-0.05, 0) is 43.2 Å². The number of amides is 2. The maximum absolute atomic E-state index is 13.7. The minimum atomic E-state index is -1.25. The predicted octanol–water partition coefficient (Wildman–Crippen LogP) is 3.10. The lowest BCUT2D eigenvalue weighted by molar-refractivity contribution is -0.144. The summed E-state index contributed by atoms with van der Waals surface area (Å²) in [5.74, 6) is -3.55. The number of ether oxygens (including phenoxy) is 1. The summed E-state index contributed by atoms with van der Waals surface area (Å²) < 4.78 is 6.99. The molecule has 222 valence electrons. The lowest BCUT2D eigenvalue weighted by Gasteiger charge is -2.41. The van der Waals surface area contributed by atoms with Crippen molar-refractivity contribution in [3.63, 3.8) is 0 Å². The van der Waals surface area contributed by atoms with E-state index in [2.05, 4.69) is 10.1 Å². The number of nitrogens with zero attached hydrogens (tertiary/aromatic N) is 6. The average Bonchev–Trinajstić information content (AvgIpc) is 3.62. The van der Waals surface area contributed by atoms with Crippen molar-refractivity contribution in [3.05, 3.63) is 62.6 Å². The molecule has 4 heterocycles. The van der Waals surface area contributed by atoms with Crippen molar-refractivity contribution in [3.8, 4) is 0 Å². The molecule has 13 nitrogen and oxygen atoms in total. The first-order valence-electron chi connectivity index (χ1n) is 13.3. The predicted molar refractivity (Wildman–Crippen MR) is 152 cm³/mol. The van der Waals surface area contributed by atoms with E-state index in [4.69, 9.17) is 16.3 Å². The van der Waals surface area contributed by atoms with E-state index < -0.39 is 29.8 Å². The van der Waals surface area contributed by atoms with Crippen LogP contribution in [0.5, 0.6) is 0 Å². The van der Waals surface area contributed by atoms with Crippen LogP contribution < -0.4 is 4.90 Å². The van der Waals surface area contributed by atoms with E-state index in [1.807, 2.05) is 6.07 Å². The van der Waals surface area contributed by atoms with Gasteiger partial charge in [-0.3, -0.25) is 4.79 Å². The number of carbonyl (C=O) groups is 4. The lowest BCUT2D eigenvalue weighted by atomic mass is 9.88. The van der Waals surface area contributed by atoms with E-state index >= 15 is 0 Å². The van der Waals surface area contributed by atoms with Gasteiger partial charge in [0.1, 0.15) is 6.04 Å². The van der Waals surface area contributed by atoms with E-state index in [1.54, 1.807) is 22.9 Å². The monoisotopic (exact) mass is 616 g/mol. The fourth-order valence-corrected chi connectivity index (χ4v) is 6.37. The first-order chi connectivity index (χ1) is 20.1. The molecule has 0 bridgehead atoms. The van der Waals surface area contributed by atoms with Gasteiger partial charge in [-0.15, -0.1) is 16.4 Å². The van der Waals surface area contributed by atoms with Gasteiger partial charge in [0, 0.05) is 37.1 Å². The number of aromatic carboxylic acids is 1. The van der Waals surface area contributed by atoms with Crippen molar-refractivity contribution in [1.82, 2.24) is 24.6 Å². The Bertz CT molecular complexity index is 1500. The largest absolute Gasteiger partial charge is 0.480 e. The van der Waals surface area contributed by atoms with Crippen molar-refractivity contribution in [2.24, 2.45) is 0 Å². The van der Waals surface area contributed by atoms with Crippen LogP contribution >= 0.6 is 22.9 Å². The maximum atomic E-state index is 13.7. The van der Waals surface area contributed by atoms with E-state index in [1.165, 1.54) is 40.5 Å². The number of halogens is 1. The highest BCUT2D eigenvalue weighted by molar-refractivity contribution is 7.16. The van der Waals surface area contributed by atoms with Crippen molar-refractivity contribution >= 4 is 52.8 Å². The van der Waals surface area contributed by atoms with Crippen LogP contribution in [-0.4, -0.2) is 105 Å². The van der Waals surface area contributed by atoms with Crippen molar-refractivity contribution < 1.29 is 34.1 Å². The number of carboxylic acid groups (broad SMARTS) is 2. The normalized spacial score (nSPS) is 19.0. The molecule has 15 heteroatoms. The molecule has 0 radical (unpaired) electrons. The number of piperidine rings is 1. The molecule has 1 aromatic carbocycles. The summed E-state index contributed by atoms with van der Waals surface area (Å²) in [6.45, 7) is 2.07. The molecule has 2 atom stereocenters. The highest BCUT2D eigenvalue weighted by atomic mass is 35.5. The minimum absolute atomic E-state index is 0.0696. The summed E-state index contributed by atoms with van der Waals surface area (Å²) >= 11 is 7.47. The first kappa shape index (κ1) is 29.5. The Morgan fingerprint density at radius 3 is 2.50 bits per heavy atom. The molecule has 2 fully saturated rings. The molecule has 0 spiro atoms. The number of morpholine rings is 1. The van der Waals surface area contributed by atoms with Crippen molar-refractivity contribution in [2.45, 2.75) is 31.3 Å². The van der Waals surface area contributed by atoms with Gasteiger partial charge in [-0.2, -0.15) is 9.67 Å². The van der Waals surface area contributed by atoms with Crippen LogP contribution in [-0.2, 0) is 16.1 Å². The van der Waals surface area contributed by atoms with Crippen LogP contribution in [0.4, 0.5) is 10.7 Å². The SMILES string of the molecule is CN(Cc1ccc(Cl)s1)c1nc(C2CCCN(C(=O)N3CCOCC3)C2C(=O)O)nn1C(=O)c1cccc(C(=O)O)c1. The molecule has 2 aliphatic rings. The Morgan fingerprint density at radius 1 is 1.10 bits per heavy atom. The van der Waals surface area contributed by atoms with Crippen LogP contribution in [0.25, 0.3) is 0 Å². The average molecular weight is 617 g/mol. The number of likely N-dealkylation sites (tertiary alicyclic amines) is 1. The number of hydrogen-bond donors (Lipinski definition) is 2. The number of rotatable bonds is 7. The number of aromatic nitrogens is 3. The number of thiophene rings is 1. The number of benzene rings is 1. The number of carbonyl (C=O) groups excluding carboxylic acids is 2. The Kier molecular flexibility index (Phi) is 8.75. The van der Waals surface area contributed by atoms with Crippen LogP contribution in [0.15, 0.2) is 36.4 Å². The molecule has 5 rings (SSSR count). The zero-order valence-corrected chi connectivity index (χ0v) is 24.3. The van der Waals surface area contributed by atoms with Crippen molar-refractivity contribution in [2.75, 3.05) is 44.8 Å². The topological polar surface area (TPSA) is 158 Å². The Morgan fingerprint density at radius 2 is 1.83 bits per heavy atom. The Labute approximate surface area is 249 Å². The van der Waals surface area contributed by atoms with Gasteiger partial charge in [0.25, 0.3) is 5.91 Å². The van der Waals surface area contributed by atoms with Crippen LogP contribution in [0.3, 0.4) is 0 Å². The quantitative estimate of drug-likeness (QED) is 0.404. The summed E-state index contributed by atoms with van der Waals surface area (Å²) in [7, 11) is 1.71. The molecule has 2 N–H and O–H groups in total. The summed E-state index contributed by atoms with van der Waals surface area (Å²) in [5.41, 5.74) is 0.00234. The van der Waals surface area contributed by atoms with Gasteiger partial charge in [-0.1, -0.05) is 17.7 Å². The third-order valence-electron chi connectivity index (χ3n) is 7.26. The van der Waals surface area contributed by atoms with E-state index in [9.17, 15) is 29.4 Å². The summed E-state index contributed by atoms with van der Waals surface area (Å²) in [6, 6.07) is 7.53. The van der Waals surface area contributed by atoms with Gasteiger partial charge in [0.2, 0.25) is 5.95 Å². The molecule has 42 heavy (non-hydrogen) atoms. The molecule has 2 aromatic heterocycles. The number of urea groups is 1. The van der Waals surface area contributed by atoms with E-state index in [0.29, 0.717) is 50.0 Å². The fraction of sp³-hybridized carbons (Fsp3) is 0.407. The molecular formula is C27H29ClN6O7S. The van der Waals surface area contributed by atoms with Crippen LogP contribution in [0.1, 0.15) is 50.2 Å². The van der Waals surface area contributed by atoms with Crippen molar-refractivity contribution in [1.29, 1.82) is 0 Å². The number of hydrogen-bond acceptors (Lipinski definition) is 9. The zero-order valence-electron chi connectivity index (χ0n) is 22.7. The van der Waals surface area contributed by atoms with Gasteiger partial charge in [0.15, 0.2) is 5.82 Å². The highest BCUT2D eigenvalue weighted by Gasteiger charge is 2.44. The van der Waals surface area contributed by atoms with Gasteiger partial charge < -0.3 is 29.6 Å². The third kappa shape index (κ3) is 6.10. The third-order valence-corrected chi connectivity index (χ3v) is 8.48. The van der Waals surface area contributed by atoms with Crippen LogP contribution in [0, 0.1) is 0 Å². The first-order valence-corrected chi connectivity index (χ1v) is 14.5.